The monoisotopic (exact) mass is 338 g/mol. The lowest BCUT2D eigenvalue weighted by molar-refractivity contribution is 0.0521. The van der Waals surface area contributed by atoms with Crippen molar-refractivity contribution in [1.29, 1.82) is 0 Å². The van der Waals surface area contributed by atoms with Crippen molar-refractivity contribution >= 4 is 6.09 Å². The third-order valence-corrected chi connectivity index (χ3v) is 4.31. The van der Waals surface area contributed by atoms with Gasteiger partial charge < -0.3 is 15.4 Å². The van der Waals surface area contributed by atoms with E-state index in [1.165, 1.54) is 16.7 Å². The minimum absolute atomic E-state index is 0.0580. The van der Waals surface area contributed by atoms with E-state index < -0.39 is 5.60 Å². The molecule has 0 spiro atoms. The summed E-state index contributed by atoms with van der Waals surface area (Å²) in [7, 11) is 0. The summed E-state index contributed by atoms with van der Waals surface area (Å²) in [4.78, 5) is 12.0. The van der Waals surface area contributed by atoms with E-state index >= 15 is 0 Å². The Morgan fingerprint density at radius 3 is 2.52 bits per heavy atom. The maximum atomic E-state index is 12.0. The molecule has 0 bridgehead atoms. The maximum Gasteiger partial charge on any atom is 0.407 e. The van der Waals surface area contributed by atoms with Gasteiger partial charge in [-0.05, 0) is 43.9 Å². The molecule has 2 aromatic rings. The Morgan fingerprint density at radius 2 is 1.80 bits per heavy atom. The molecule has 4 nitrogen and oxygen atoms in total. The molecule has 1 aliphatic heterocycles. The largest absolute Gasteiger partial charge is 0.444 e. The second-order valence-electron chi connectivity index (χ2n) is 7.47. The van der Waals surface area contributed by atoms with Gasteiger partial charge in [0.1, 0.15) is 5.60 Å². The summed E-state index contributed by atoms with van der Waals surface area (Å²) >= 11 is 0. The summed E-state index contributed by atoms with van der Waals surface area (Å²) in [5.74, 6) is 0. The van der Waals surface area contributed by atoms with Crippen LogP contribution in [0.3, 0.4) is 0 Å². The number of alkyl carbamates (subject to hydrolysis) is 1. The van der Waals surface area contributed by atoms with Gasteiger partial charge in [0.2, 0.25) is 0 Å². The molecule has 0 aromatic heterocycles. The zero-order valence-electron chi connectivity index (χ0n) is 15.1. The van der Waals surface area contributed by atoms with Crippen molar-refractivity contribution in [3.63, 3.8) is 0 Å². The Morgan fingerprint density at radius 1 is 1.12 bits per heavy atom. The van der Waals surface area contributed by atoms with E-state index in [1.54, 1.807) is 0 Å². The standard InChI is InChI=1S/C21H26N2O2/c1-21(2,3)25-20(24)22-14-19-17-12-8-7-11-16(17)13-18(23-19)15-9-5-4-6-10-15/h4-12,18-19,23H,13-14H2,1-3H3,(H,22,24)/t18-,19+/m0/s1. The van der Waals surface area contributed by atoms with Crippen molar-refractivity contribution in [2.24, 2.45) is 0 Å². The number of fused-ring (bicyclic) bond motifs is 1. The van der Waals surface area contributed by atoms with E-state index in [9.17, 15) is 4.79 Å². The number of carbonyl (C=O) groups excluding carboxylic acids is 1. The highest BCUT2D eigenvalue weighted by atomic mass is 16.6. The number of hydrogen-bond acceptors (Lipinski definition) is 3. The van der Waals surface area contributed by atoms with Crippen molar-refractivity contribution in [2.45, 2.75) is 44.9 Å². The van der Waals surface area contributed by atoms with Crippen LogP contribution in [0.2, 0.25) is 0 Å². The first kappa shape index (κ1) is 17.5. The molecule has 1 aliphatic rings. The van der Waals surface area contributed by atoms with E-state index in [1.807, 2.05) is 32.9 Å². The number of hydrogen-bond donors (Lipinski definition) is 2. The van der Waals surface area contributed by atoms with Gasteiger partial charge >= 0.3 is 6.09 Å². The topological polar surface area (TPSA) is 50.4 Å². The van der Waals surface area contributed by atoms with Gasteiger partial charge in [-0.1, -0.05) is 54.6 Å². The summed E-state index contributed by atoms with van der Waals surface area (Å²) in [5, 5.41) is 6.57. The molecule has 2 aromatic carbocycles. The number of carbonyl (C=O) groups is 1. The van der Waals surface area contributed by atoms with E-state index in [0.29, 0.717) is 6.54 Å². The Bertz CT molecular complexity index is 722. The van der Waals surface area contributed by atoms with Crippen LogP contribution in [0.15, 0.2) is 54.6 Å². The second kappa shape index (κ2) is 7.28. The van der Waals surface area contributed by atoms with Crippen LogP contribution >= 0.6 is 0 Å². The Hall–Kier alpha value is -2.33. The number of rotatable bonds is 3. The third-order valence-electron chi connectivity index (χ3n) is 4.31. The first-order valence-electron chi connectivity index (χ1n) is 8.78. The van der Waals surface area contributed by atoms with Gasteiger partial charge in [0.15, 0.2) is 0 Å². The molecule has 0 unspecified atom stereocenters. The highest BCUT2D eigenvalue weighted by molar-refractivity contribution is 5.67. The minimum atomic E-state index is -0.492. The van der Waals surface area contributed by atoms with Gasteiger partial charge in [-0.15, -0.1) is 0 Å². The first-order chi connectivity index (χ1) is 11.9. The lowest BCUT2D eigenvalue weighted by Gasteiger charge is -2.34. The van der Waals surface area contributed by atoms with Crippen LogP contribution < -0.4 is 10.6 Å². The first-order valence-corrected chi connectivity index (χ1v) is 8.78. The zero-order valence-corrected chi connectivity index (χ0v) is 15.1. The van der Waals surface area contributed by atoms with Crippen LogP contribution in [-0.4, -0.2) is 18.2 Å². The fourth-order valence-corrected chi connectivity index (χ4v) is 3.24. The van der Waals surface area contributed by atoms with Crippen LogP contribution in [0, 0.1) is 0 Å². The molecule has 132 valence electrons. The van der Waals surface area contributed by atoms with Crippen LogP contribution in [0.5, 0.6) is 0 Å². The molecule has 0 saturated carbocycles. The summed E-state index contributed by atoms with van der Waals surface area (Å²) < 4.78 is 5.35. The van der Waals surface area contributed by atoms with Gasteiger partial charge in [-0.25, -0.2) is 4.79 Å². The van der Waals surface area contributed by atoms with Gasteiger partial charge in [0.05, 0.1) is 6.04 Å². The molecule has 2 N–H and O–H groups in total. The predicted molar refractivity (Wildman–Crippen MR) is 99.4 cm³/mol. The van der Waals surface area contributed by atoms with Crippen molar-refractivity contribution in [2.75, 3.05) is 6.54 Å². The highest BCUT2D eigenvalue weighted by Gasteiger charge is 2.27. The van der Waals surface area contributed by atoms with E-state index in [2.05, 4.69) is 53.1 Å². The normalized spacial score (nSPS) is 19.8. The summed E-state index contributed by atoms with van der Waals surface area (Å²) in [5.41, 5.74) is 3.34. The minimum Gasteiger partial charge on any atom is -0.444 e. The van der Waals surface area contributed by atoms with Crippen LogP contribution in [0.4, 0.5) is 4.79 Å². The Labute approximate surface area is 149 Å². The lowest BCUT2D eigenvalue weighted by Crippen LogP contribution is -2.42. The smallest absolute Gasteiger partial charge is 0.407 e. The molecule has 4 heteroatoms. The SMILES string of the molecule is CC(C)(C)OC(=O)NC[C@H]1N[C@H](c2ccccc2)Cc2ccccc21. The zero-order chi connectivity index (χ0) is 17.9. The maximum absolute atomic E-state index is 12.0. The molecule has 0 saturated heterocycles. The molecular formula is C21H26N2O2. The van der Waals surface area contributed by atoms with E-state index in [0.717, 1.165) is 6.42 Å². The fraction of sp³-hybridized carbons (Fsp3) is 0.381. The van der Waals surface area contributed by atoms with Gasteiger partial charge in [-0.3, -0.25) is 0 Å². The van der Waals surface area contributed by atoms with Crippen LogP contribution in [0.1, 0.15) is 49.5 Å². The van der Waals surface area contributed by atoms with E-state index in [-0.39, 0.29) is 18.2 Å². The van der Waals surface area contributed by atoms with Crippen LogP contribution in [-0.2, 0) is 11.2 Å². The van der Waals surface area contributed by atoms with Crippen molar-refractivity contribution in [3.8, 4) is 0 Å². The second-order valence-corrected chi connectivity index (χ2v) is 7.47. The Kier molecular flexibility index (Phi) is 5.09. The molecule has 1 amide bonds. The van der Waals surface area contributed by atoms with Gasteiger partial charge in [-0.2, -0.15) is 0 Å². The molecule has 3 rings (SSSR count). The molecule has 0 radical (unpaired) electrons. The predicted octanol–water partition coefficient (Wildman–Crippen LogP) is 4.14. The quantitative estimate of drug-likeness (QED) is 0.884. The van der Waals surface area contributed by atoms with Gasteiger partial charge in [0, 0.05) is 12.6 Å². The summed E-state index contributed by atoms with van der Waals surface area (Å²) in [6.07, 6.45) is 0.567. The molecular weight excluding hydrogens is 312 g/mol. The molecule has 1 heterocycles. The number of ether oxygens (including phenoxy) is 1. The van der Waals surface area contributed by atoms with Crippen LogP contribution in [0.25, 0.3) is 0 Å². The van der Waals surface area contributed by atoms with Crippen molar-refractivity contribution in [1.82, 2.24) is 10.6 Å². The Balaban J connectivity index is 1.74. The average molecular weight is 338 g/mol. The molecule has 25 heavy (non-hydrogen) atoms. The molecule has 2 atom stereocenters. The molecule has 0 fully saturated rings. The average Bonchev–Trinajstić information content (AvgIpc) is 2.58. The summed E-state index contributed by atoms with van der Waals surface area (Å²) in [6.45, 7) is 6.10. The third kappa shape index (κ3) is 4.60. The number of benzene rings is 2. The summed E-state index contributed by atoms with van der Waals surface area (Å²) in [6, 6.07) is 19.2. The van der Waals surface area contributed by atoms with E-state index in [4.69, 9.17) is 4.74 Å². The number of amides is 1. The number of nitrogens with one attached hydrogen (secondary N) is 2. The van der Waals surface area contributed by atoms with Gasteiger partial charge in [0.25, 0.3) is 0 Å². The van der Waals surface area contributed by atoms with Crippen molar-refractivity contribution in [3.05, 3.63) is 71.3 Å². The fourth-order valence-electron chi connectivity index (χ4n) is 3.24. The lowest BCUT2D eigenvalue weighted by atomic mass is 9.87. The van der Waals surface area contributed by atoms with Crippen molar-refractivity contribution < 1.29 is 9.53 Å². The molecule has 0 aliphatic carbocycles. The highest BCUT2D eigenvalue weighted by Crippen LogP contribution is 2.31.